The molecule has 0 saturated heterocycles. The SMILES string of the molecule is CC=[C-]c1ccccc1.[CH2-]c1ccccc1.[Ti+4].c1cc[cH-]c1.c1ccc2[cH-]ccc2c1. The van der Waals surface area contributed by atoms with Crippen molar-refractivity contribution < 1.29 is 21.7 Å². The molecule has 0 aliphatic carbocycles. The van der Waals surface area contributed by atoms with Crippen molar-refractivity contribution in [1.29, 1.82) is 0 Å². The molecular weight excluding hydrogens is 408 g/mol. The van der Waals surface area contributed by atoms with Crippen LogP contribution in [0.5, 0.6) is 0 Å². The van der Waals surface area contributed by atoms with E-state index in [1.165, 1.54) is 10.8 Å². The Morgan fingerprint density at radius 2 is 1.26 bits per heavy atom. The molecule has 0 radical (unpaired) electrons. The van der Waals surface area contributed by atoms with Crippen LogP contribution in [0.4, 0.5) is 0 Å². The number of allylic oxidation sites excluding steroid dienone is 1. The Bertz CT molecular complexity index is 992. The van der Waals surface area contributed by atoms with Gasteiger partial charge in [0.15, 0.2) is 0 Å². The summed E-state index contributed by atoms with van der Waals surface area (Å²) in [4.78, 5) is 0. The predicted molar refractivity (Wildman–Crippen MR) is 132 cm³/mol. The molecule has 0 spiro atoms. The van der Waals surface area contributed by atoms with Crippen LogP contribution in [0.2, 0.25) is 0 Å². The first-order chi connectivity index (χ1) is 14.8. The third kappa shape index (κ3) is 11.6. The van der Waals surface area contributed by atoms with Gasteiger partial charge in [-0.3, -0.25) is 0 Å². The average molecular weight is 436 g/mol. The maximum atomic E-state index is 3.72. The quantitative estimate of drug-likeness (QED) is 0.183. The molecule has 0 fully saturated rings. The summed E-state index contributed by atoms with van der Waals surface area (Å²) < 4.78 is 0. The molecule has 5 aromatic carbocycles. The van der Waals surface area contributed by atoms with Crippen molar-refractivity contribution in [2.75, 3.05) is 0 Å². The summed E-state index contributed by atoms with van der Waals surface area (Å²) in [5, 5.41) is 2.66. The summed E-state index contributed by atoms with van der Waals surface area (Å²) in [7, 11) is 0. The van der Waals surface area contributed by atoms with Gasteiger partial charge in [0.2, 0.25) is 0 Å². The van der Waals surface area contributed by atoms with E-state index in [1.54, 1.807) is 0 Å². The summed E-state index contributed by atoms with van der Waals surface area (Å²) in [6.45, 7) is 5.69. The Balaban J connectivity index is 0.000000209. The minimum atomic E-state index is 0. The minimum Gasteiger partial charge on any atom is -0.214 e. The molecule has 152 valence electrons. The zero-order valence-electron chi connectivity index (χ0n) is 18.0. The van der Waals surface area contributed by atoms with Gasteiger partial charge in [0.25, 0.3) is 0 Å². The Morgan fingerprint density at radius 3 is 1.74 bits per heavy atom. The number of hydrogen-bond acceptors (Lipinski definition) is 0. The van der Waals surface area contributed by atoms with Gasteiger partial charge < -0.3 is 0 Å². The molecule has 0 aromatic heterocycles. The van der Waals surface area contributed by atoms with Gasteiger partial charge in [-0.05, 0) is 0 Å². The van der Waals surface area contributed by atoms with Crippen LogP contribution in [0, 0.1) is 13.0 Å². The summed E-state index contributed by atoms with van der Waals surface area (Å²) in [5.41, 5.74) is 2.21. The van der Waals surface area contributed by atoms with Crippen molar-refractivity contribution in [3.8, 4) is 0 Å². The van der Waals surface area contributed by atoms with Crippen LogP contribution in [0.15, 0.2) is 140 Å². The van der Waals surface area contributed by atoms with Crippen molar-refractivity contribution in [1.82, 2.24) is 0 Å². The Morgan fingerprint density at radius 1 is 0.677 bits per heavy atom. The number of fused-ring (bicyclic) bond motifs is 1. The third-order valence-corrected chi connectivity index (χ3v) is 4.03. The summed E-state index contributed by atoms with van der Waals surface area (Å²) in [6.07, 6.45) is 4.99. The van der Waals surface area contributed by atoms with Gasteiger partial charge in [-0.25, -0.2) is 12.1 Å². The van der Waals surface area contributed by atoms with E-state index in [2.05, 4.69) is 55.5 Å². The molecule has 0 heterocycles. The molecular formula is C30H28Ti. The Labute approximate surface area is 202 Å². The van der Waals surface area contributed by atoms with Gasteiger partial charge in [0.05, 0.1) is 0 Å². The molecule has 0 atom stereocenters. The molecule has 0 unspecified atom stereocenters. The van der Waals surface area contributed by atoms with E-state index in [1.807, 2.05) is 104 Å². The van der Waals surface area contributed by atoms with Gasteiger partial charge in [-0.2, -0.15) is 84.1 Å². The zero-order chi connectivity index (χ0) is 21.3. The van der Waals surface area contributed by atoms with E-state index in [0.29, 0.717) is 0 Å². The molecule has 0 nitrogen and oxygen atoms in total. The van der Waals surface area contributed by atoms with Crippen LogP contribution >= 0.6 is 0 Å². The van der Waals surface area contributed by atoms with E-state index in [4.69, 9.17) is 0 Å². The second kappa shape index (κ2) is 16.7. The number of hydrogen-bond donors (Lipinski definition) is 0. The third-order valence-electron chi connectivity index (χ3n) is 4.03. The second-order valence-electron chi connectivity index (χ2n) is 6.40. The van der Waals surface area contributed by atoms with Crippen molar-refractivity contribution in [2.24, 2.45) is 0 Å². The van der Waals surface area contributed by atoms with E-state index in [0.717, 1.165) is 11.1 Å². The maximum Gasteiger partial charge on any atom is 4.00 e. The fourth-order valence-electron chi connectivity index (χ4n) is 2.57. The van der Waals surface area contributed by atoms with Crippen LogP contribution in [0.1, 0.15) is 18.1 Å². The molecule has 0 amide bonds. The summed E-state index contributed by atoms with van der Waals surface area (Å²) in [5.74, 6) is 0. The topological polar surface area (TPSA) is 0 Å². The Hall–Kier alpha value is -3.06. The first-order valence-corrected chi connectivity index (χ1v) is 10.0. The zero-order valence-corrected chi connectivity index (χ0v) is 19.5. The van der Waals surface area contributed by atoms with E-state index in [-0.39, 0.29) is 21.7 Å². The molecule has 0 N–H and O–H groups in total. The van der Waals surface area contributed by atoms with E-state index < -0.39 is 0 Å². The van der Waals surface area contributed by atoms with Gasteiger partial charge in [-0.1, -0.05) is 25.1 Å². The van der Waals surface area contributed by atoms with Crippen molar-refractivity contribution >= 4 is 10.8 Å². The largest absolute Gasteiger partial charge is 4.00 e. The van der Waals surface area contributed by atoms with Crippen LogP contribution in [-0.2, 0) is 21.7 Å². The molecule has 0 aliphatic heterocycles. The summed E-state index contributed by atoms with van der Waals surface area (Å²) >= 11 is 0. The van der Waals surface area contributed by atoms with Gasteiger partial charge in [0, 0.05) is 0 Å². The molecule has 0 aliphatic rings. The molecule has 0 saturated carbocycles. The fraction of sp³-hybridized carbons (Fsp3) is 0.0333. The fourth-order valence-corrected chi connectivity index (χ4v) is 2.57. The predicted octanol–water partition coefficient (Wildman–Crippen LogP) is 8.24. The second-order valence-corrected chi connectivity index (χ2v) is 6.40. The molecule has 0 bridgehead atoms. The normalized spacial score (nSPS) is 9.19. The van der Waals surface area contributed by atoms with Gasteiger partial charge in [0.1, 0.15) is 0 Å². The van der Waals surface area contributed by atoms with Crippen molar-refractivity contribution in [3.63, 3.8) is 0 Å². The Kier molecular flexibility index (Phi) is 14.0. The average Bonchev–Trinajstić information content (AvgIpc) is 3.51. The smallest absolute Gasteiger partial charge is 0.214 e. The van der Waals surface area contributed by atoms with Crippen LogP contribution in [0.3, 0.4) is 0 Å². The molecule has 5 aromatic rings. The van der Waals surface area contributed by atoms with Crippen LogP contribution < -0.4 is 0 Å². The first kappa shape index (κ1) is 26.0. The van der Waals surface area contributed by atoms with E-state index in [9.17, 15) is 0 Å². The number of benzene rings is 3. The molecule has 5 rings (SSSR count). The monoisotopic (exact) mass is 436 g/mol. The first-order valence-electron chi connectivity index (χ1n) is 10.0. The maximum absolute atomic E-state index is 3.72. The molecule has 1 heteroatoms. The van der Waals surface area contributed by atoms with Crippen molar-refractivity contribution in [2.45, 2.75) is 6.92 Å². The van der Waals surface area contributed by atoms with E-state index >= 15 is 0 Å². The summed E-state index contributed by atoms with van der Waals surface area (Å²) in [6, 6.07) is 44.6. The van der Waals surface area contributed by atoms with Crippen LogP contribution in [-0.4, -0.2) is 0 Å². The van der Waals surface area contributed by atoms with Gasteiger partial charge >= 0.3 is 21.7 Å². The number of rotatable bonds is 1. The van der Waals surface area contributed by atoms with Crippen molar-refractivity contribution in [3.05, 3.63) is 164 Å². The standard InChI is InChI=1S/C9H7.C9H9.C7H7.C5H5.Ti/c1-2-5-9-7-3-6-8(9)4-1;1-2-6-9-7-4-3-5-8-9;1-7-5-3-2-4-6-7;1-2-4-5-3-1;/h1-7H;2-5,7-8H,1H3;2-6H,1H2;1-5H;/q4*-1;+4. The van der Waals surface area contributed by atoms with Gasteiger partial charge in [-0.15, -0.1) is 60.0 Å². The van der Waals surface area contributed by atoms with Crippen LogP contribution in [0.25, 0.3) is 10.8 Å². The minimum absolute atomic E-state index is 0. The molecule has 31 heavy (non-hydrogen) atoms.